The van der Waals surface area contributed by atoms with Gasteiger partial charge in [-0.1, -0.05) is 37.5 Å². The highest BCUT2D eigenvalue weighted by atomic mass is 32.1. The Bertz CT molecular complexity index is 803. The fraction of sp³-hybridized carbons (Fsp3) is 0.474. The lowest BCUT2D eigenvalue weighted by Crippen LogP contribution is -2.41. The summed E-state index contributed by atoms with van der Waals surface area (Å²) >= 11 is 5.59. The lowest BCUT2D eigenvalue weighted by Gasteiger charge is -2.33. The molecule has 3 rings (SSSR count). The lowest BCUT2D eigenvalue weighted by atomic mass is 9.95. The van der Waals surface area contributed by atoms with Crippen LogP contribution in [0.5, 0.6) is 0 Å². The zero-order valence-electron chi connectivity index (χ0n) is 15.2. The molecule has 0 bridgehead atoms. The number of thiocarbonyl (C=S) groups is 1. The molecule has 134 valence electrons. The van der Waals surface area contributed by atoms with Gasteiger partial charge in [0.05, 0.1) is 11.4 Å². The quantitative estimate of drug-likeness (QED) is 0.854. The summed E-state index contributed by atoms with van der Waals surface area (Å²) in [5, 5.41) is 3.83. The first kappa shape index (κ1) is 17.7. The van der Waals surface area contributed by atoms with Gasteiger partial charge in [0, 0.05) is 20.1 Å². The SMILES string of the molecule is Cc1c(NC(=S)N(C)C2CCCCC2)c(=O)n(-c2ccccc2)n1C. The van der Waals surface area contributed by atoms with Crippen LogP contribution < -0.4 is 10.9 Å². The van der Waals surface area contributed by atoms with E-state index in [2.05, 4.69) is 10.2 Å². The molecule has 25 heavy (non-hydrogen) atoms. The van der Waals surface area contributed by atoms with Gasteiger partial charge in [-0.3, -0.25) is 9.48 Å². The number of para-hydroxylation sites is 1. The molecule has 1 aromatic heterocycles. The molecule has 1 aliphatic carbocycles. The minimum atomic E-state index is -0.0782. The summed E-state index contributed by atoms with van der Waals surface area (Å²) in [7, 11) is 3.92. The Labute approximate surface area is 154 Å². The topological polar surface area (TPSA) is 42.2 Å². The molecule has 1 heterocycles. The third-order valence-corrected chi connectivity index (χ3v) is 5.62. The summed E-state index contributed by atoms with van der Waals surface area (Å²) in [6, 6.07) is 10.1. The van der Waals surface area contributed by atoms with E-state index in [9.17, 15) is 4.79 Å². The second-order valence-electron chi connectivity index (χ2n) is 6.77. The van der Waals surface area contributed by atoms with Gasteiger partial charge in [-0.25, -0.2) is 4.68 Å². The van der Waals surface area contributed by atoms with Gasteiger partial charge >= 0.3 is 0 Å². The van der Waals surface area contributed by atoms with E-state index in [1.807, 2.05) is 56.0 Å². The number of rotatable bonds is 3. The van der Waals surface area contributed by atoms with E-state index >= 15 is 0 Å². The number of nitrogens with zero attached hydrogens (tertiary/aromatic N) is 3. The Hall–Kier alpha value is -2.08. The van der Waals surface area contributed by atoms with E-state index in [1.54, 1.807) is 4.68 Å². The second kappa shape index (κ2) is 7.44. The van der Waals surface area contributed by atoms with Crippen LogP contribution in [-0.4, -0.2) is 32.5 Å². The molecule has 0 saturated heterocycles. The zero-order chi connectivity index (χ0) is 18.0. The molecule has 0 radical (unpaired) electrons. The van der Waals surface area contributed by atoms with Gasteiger partial charge in [0.1, 0.15) is 5.69 Å². The molecule has 1 aromatic carbocycles. The first-order chi connectivity index (χ1) is 12.0. The van der Waals surface area contributed by atoms with Crippen molar-refractivity contribution in [3.63, 3.8) is 0 Å². The fourth-order valence-electron chi connectivity index (χ4n) is 3.54. The van der Waals surface area contributed by atoms with Crippen molar-refractivity contribution in [2.45, 2.75) is 45.1 Å². The Morgan fingerprint density at radius 1 is 1.20 bits per heavy atom. The van der Waals surface area contributed by atoms with E-state index < -0.39 is 0 Å². The third-order valence-electron chi connectivity index (χ3n) is 5.23. The van der Waals surface area contributed by atoms with Crippen molar-refractivity contribution < 1.29 is 0 Å². The van der Waals surface area contributed by atoms with E-state index in [-0.39, 0.29) is 5.56 Å². The molecule has 0 unspecified atom stereocenters. The van der Waals surface area contributed by atoms with Crippen LogP contribution in [0.15, 0.2) is 35.1 Å². The number of aromatic nitrogens is 2. The number of benzene rings is 1. The van der Waals surface area contributed by atoms with Crippen LogP contribution in [-0.2, 0) is 7.05 Å². The van der Waals surface area contributed by atoms with Gasteiger partial charge in [0.15, 0.2) is 5.11 Å². The molecule has 0 aliphatic heterocycles. The van der Waals surface area contributed by atoms with Crippen molar-refractivity contribution >= 4 is 23.0 Å². The number of nitrogens with one attached hydrogen (secondary N) is 1. The summed E-state index contributed by atoms with van der Waals surface area (Å²) in [5.41, 5.74) is 2.19. The normalized spacial score (nSPS) is 15.2. The predicted molar refractivity (Wildman–Crippen MR) is 107 cm³/mol. The van der Waals surface area contributed by atoms with Crippen LogP contribution in [0.4, 0.5) is 5.69 Å². The molecule has 0 spiro atoms. The van der Waals surface area contributed by atoms with Gasteiger partial charge in [-0.2, -0.15) is 0 Å². The van der Waals surface area contributed by atoms with Crippen LogP contribution in [0.2, 0.25) is 0 Å². The van der Waals surface area contributed by atoms with Crippen molar-refractivity contribution in [1.29, 1.82) is 0 Å². The number of hydrogen-bond acceptors (Lipinski definition) is 2. The molecule has 6 heteroatoms. The number of anilines is 1. The fourth-order valence-corrected chi connectivity index (χ4v) is 3.79. The van der Waals surface area contributed by atoms with Crippen LogP contribution in [0.3, 0.4) is 0 Å². The standard InChI is InChI=1S/C19H26N4OS/c1-14-17(20-19(25)21(2)15-10-6-4-7-11-15)18(24)23(22(14)3)16-12-8-5-9-13-16/h5,8-9,12-13,15H,4,6-7,10-11H2,1-3H3,(H,20,25). The van der Waals surface area contributed by atoms with Gasteiger partial charge in [-0.15, -0.1) is 0 Å². The van der Waals surface area contributed by atoms with E-state index in [0.29, 0.717) is 16.8 Å². The van der Waals surface area contributed by atoms with E-state index in [0.717, 1.165) is 11.4 Å². The summed E-state index contributed by atoms with van der Waals surface area (Å²) in [6.45, 7) is 1.94. The maximum atomic E-state index is 12.9. The maximum Gasteiger partial charge on any atom is 0.295 e. The molecule has 0 amide bonds. The Morgan fingerprint density at radius 3 is 2.48 bits per heavy atom. The van der Waals surface area contributed by atoms with Crippen molar-refractivity contribution in [3.05, 3.63) is 46.4 Å². The van der Waals surface area contributed by atoms with E-state index in [1.165, 1.54) is 32.1 Å². The molecule has 1 N–H and O–H groups in total. The average Bonchev–Trinajstić information content (AvgIpc) is 2.86. The molecular weight excluding hydrogens is 332 g/mol. The molecule has 0 atom stereocenters. The average molecular weight is 359 g/mol. The van der Waals surface area contributed by atoms with Crippen LogP contribution >= 0.6 is 12.2 Å². The van der Waals surface area contributed by atoms with Gasteiger partial charge in [0.2, 0.25) is 0 Å². The van der Waals surface area contributed by atoms with Crippen LogP contribution in [0, 0.1) is 6.92 Å². The number of hydrogen-bond donors (Lipinski definition) is 1. The second-order valence-corrected chi connectivity index (χ2v) is 7.16. The smallest absolute Gasteiger partial charge is 0.295 e. The summed E-state index contributed by atoms with van der Waals surface area (Å²) in [5.74, 6) is 0. The highest BCUT2D eigenvalue weighted by Gasteiger charge is 2.22. The minimum absolute atomic E-state index is 0.0782. The monoisotopic (exact) mass is 358 g/mol. The van der Waals surface area contributed by atoms with Crippen molar-refractivity contribution in [2.24, 2.45) is 7.05 Å². The molecular formula is C19H26N4OS. The van der Waals surface area contributed by atoms with Crippen molar-refractivity contribution in [3.8, 4) is 5.69 Å². The Kier molecular flexibility index (Phi) is 5.27. The van der Waals surface area contributed by atoms with E-state index in [4.69, 9.17) is 12.2 Å². The van der Waals surface area contributed by atoms with Crippen LogP contribution in [0.25, 0.3) is 5.69 Å². The maximum absolute atomic E-state index is 12.9. The van der Waals surface area contributed by atoms with Crippen LogP contribution in [0.1, 0.15) is 37.8 Å². The first-order valence-electron chi connectivity index (χ1n) is 8.88. The third kappa shape index (κ3) is 3.49. The molecule has 2 aromatic rings. The predicted octanol–water partition coefficient (Wildman–Crippen LogP) is 3.45. The highest BCUT2D eigenvalue weighted by Crippen LogP contribution is 2.22. The molecule has 1 aliphatic rings. The molecule has 1 saturated carbocycles. The lowest BCUT2D eigenvalue weighted by molar-refractivity contribution is 0.281. The summed E-state index contributed by atoms with van der Waals surface area (Å²) < 4.78 is 3.53. The minimum Gasteiger partial charge on any atom is -0.349 e. The highest BCUT2D eigenvalue weighted by molar-refractivity contribution is 7.80. The first-order valence-corrected chi connectivity index (χ1v) is 9.29. The summed E-state index contributed by atoms with van der Waals surface area (Å²) in [4.78, 5) is 15.1. The Balaban J connectivity index is 1.86. The molecule has 5 nitrogen and oxygen atoms in total. The van der Waals surface area contributed by atoms with Crippen molar-refractivity contribution in [1.82, 2.24) is 14.3 Å². The van der Waals surface area contributed by atoms with Gasteiger partial charge in [-0.05, 0) is 44.1 Å². The van der Waals surface area contributed by atoms with Gasteiger partial charge in [0.25, 0.3) is 5.56 Å². The van der Waals surface area contributed by atoms with Gasteiger partial charge < -0.3 is 10.2 Å². The Morgan fingerprint density at radius 2 is 1.84 bits per heavy atom. The largest absolute Gasteiger partial charge is 0.349 e. The molecule has 1 fully saturated rings. The van der Waals surface area contributed by atoms with Crippen molar-refractivity contribution in [2.75, 3.05) is 12.4 Å². The zero-order valence-corrected chi connectivity index (χ0v) is 16.0. The summed E-state index contributed by atoms with van der Waals surface area (Å²) in [6.07, 6.45) is 6.15.